The van der Waals surface area contributed by atoms with E-state index < -0.39 is 0 Å². The first-order valence-electron chi connectivity index (χ1n) is 3.18. The number of aliphatic imine (C=N–C) groups is 1. The van der Waals surface area contributed by atoms with Gasteiger partial charge in [0.15, 0.2) is 5.96 Å². The molecule has 3 nitrogen and oxygen atoms in total. The van der Waals surface area contributed by atoms with Gasteiger partial charge in [-0.3, -0.25) is 0 Å². The molecule has 1 aliphatic rings. The molecule has 0 aliphatic carbocycles. The first-order chi connectivity index (χ1) is 4.84. The highest BCUT2D eigenvalue weighted by Crippen LogP contribution is 1.95. The molecule has 0 saturated heterocycles. The predicted octanol–water partition coefficient (Wildman–Crippen LogP) is 0.316. The van der Waals surface area contributed by atoms with Gasteiger partial charge in [-0.1, -0.05) is 6.08 Å². The van der Waals surface area contributed by atoms with Crippen molar-refractivity contribution in [3.05, 3.63) is 24.9 Å². The van der Waals surface area contributed by atoms with E-state index in [4.69, 9.17) is 5.73 Å². The van der Waals surface area contributed by atoms with Gasteiger partial charge < -0.3 is 10.6 Å². The van der Waals surface area contributed by atoms with Crippen molar-refractivity contribution in [2.24, 2.45) is 10.7 Å². The van der Waals surface area contributed by atoms with Crippen LogP contribution in [0.4, 0.5) is 0 Å². The second-order valence-electron chi connectivity index (χ2n) is 2.07. The second kappa shape index (κ2) is 3.06. The van der Waals surface area contributed by atoms with Gasteiger partial charge in [0.2, 0.25) is 0 Å². The Morgan fingerprint density at radius 3 is 3.30 bits per heavy atom. The highest BCUT2D eigenvalue weighted by atomic mass is 15.3. The van der Waals surface area contributed by atoms with Crippen LogP contribution in [-0.4, -0.2) is 23.9 Å². The van der Waals surface area contributed by atoms with Gasteiger partial charge in [-0.2, -0.15) is 0 Å². The van der Waals surface area contributed by atoms with Gasteiger partial charge in [-0.05, 0) is 6.08 Å². The van der Waals surface area contributed by atoms with Gasteiger partial charge in [0, 0.05) is 19.3 Å². The lowest BCUT2D eigenvalue weighted by Crippen LogP contribution is -2.38. The van der Waals surface area contributed by atoms with Crippen molar-refractivity contribution < 1.29 is 0 Å². The number of nitrogens with two attached hydrogens (primary N) is 1. The fraction of sp³-hybridized carbons (Fsp3) is 0.286. The molecule has 0 aromatic carbocycles. The summed E-state index contributed by atoms with van der Waals surface area (Å²) in [4.78, 5) is 5.86. The van der Waals surface area contributed by atoms with Crippen LogP contribution in [0.3, 0.4) is 0 Å². The van der Waals surface area contributed by atoms with Crippen molar-refractivity contribution in [2.75, 3.05) is 13.1 Å². The molecular formula is C7H11N3. The van der Waals surface area contributed by atoms with Crippen LogP contribution in [0.1, 0.15) is 0 Å². The van der Waals surface area contributed by atoms with E-state index in [2.05, 4.69) is 11.6 Å². The Balaban J connectivity index is 2.55. The molecule has 0 fully saturated rings. The average Bonchev–Trinajstić information content (AvgIpc) is 1.94. The van der Waals surface area contributed by atoms with Crippen LogP contribution in [0.15, 0.2) is 29.9 Å². The van der Waals surface area contributed by atoms with E-state index in [1.54, 1.807) is 6.20 Å². The lowest BCUT2D eigenvalue weighted by molar-refractivity contribution is 0.500. The van der Waals surface area contributed by atoms with Crippen molar-refractivity contribution in [3.63, 3.8) is 0 Å². The van der Waals surface area contributed by atoms with E-state index in [-0.39, 0.29) is 0 Å². The third-order valence-electron chi connectivity index (χ3n) is 1.31. The number of hydrogen-bond donors (Lipinski definition) is 1. The lowest BCUT2D eigenvalue weighted by Gasteiger charge is -2.21. The Kier molecular flexibility index (Phi) is 2.10. The summed E-state index contributed by atoms with van der Waals surface area (Å²) in [5.41, 5.74) is 5.54. The second-order valence-corrected chi connectivity index (χ2v) is 2.07. The van der Waals surface area contributed by atoms with Gasteiger partial charge in [-0.25, -0.2) is 4.99 Å². The molecule has 0 bridgehead atoms. The number of hydrogen-bond acceptors (Lipinski definition) is 3. The molecule has 1 aliphatic heterocycles. The highest BCUT2D eigenvalue weighted by molar-refractivity contribution is 5.79. The average molecular weight is 137 g/mol. The first kappa shape index (κ1) is 6.86. The fourth-order valence-electron chi connectivity index (χ4n) is 0.803. The summed E-state index contributed by atoms with van der Waals surface area (Å²) in [6.45, 7) is 5.21. The zero-order valence-corrected chi connectivity index (χ0v) is 5.83. The monoisotopic (exact) mass is 137 g/mol. The molecule has 54 valence electrons. The zero-order chi connectivity index (χ0) is 7.40. The van der Waals surface area contributed by atoms with Crippen LogP contribution in [0.5, 0.6) is 0 Å². The fourth-order valence-corrected chi connectivity index (χ4v) is 0.803. The van der Waals surface area contributed by atoms with E-state index in [1.165, 1.54) is 0 Å². The molecule has 0 radical (unpaired) electrons. The van der Waals surface area contributed by atoms with E-state index in [0.717, 1.165) is 13.1 Å². The molecule has 0 amide bonds. The molecule has 0 atom stereocenters. The minimum Gasteiger partial charge on any atom is -0.369 e. The minimum absolute atomic E-state index is 0.572. The maximum absolute atomic E-state index is 5.54. The van der Waals surface area contributed by atoms with Gasteiger partial charge in [0.25, 0.3) is 0 Å². The summed E-state index contributed by atoms with van der Waals surface area (Å²) >= 11 is 0. The van der Waals surface area contributed by atoms with Crippen LogP contribution < -0.4 is 5.73 Å². The summed E-state index contributed by atoms with van der Waals surface area (Å²) in [6.07, 6.45) is 5.48. The van der Waals surface area contributed by atoms with Crippen molar-refractivity contribution in [2.45, 2.75) is 0 Å². The first-order valence-corrected chi connectivity index (χ1v) is 3.18. The molecule has 0 spiro atoms. The number of nitrogens with zero attached hydrogens (tertiary/aromatic N) is 2. The van der Waals surface area contributed by atoms with Gasteiger partial charge in [-0.15, -0.1) is 6.58 Å². The van der Waals surface area contributed by atoms with E-state index in [0.29, 0.717) is 5.96 Å². The minimum atomic E-state index is 0.572. The molecule has 10 heavy (non-hydrogen) atoms. The molecule has 0 saturated carbocycles. The summed E-state index contributed by atoms with van der Waals surface area (Å²) in [5, 5.41) is 0. The van der Waals surface area contributed by atoms with Crippen molar-refractivity contribution in [1.82, 2.24) is 4.90 Å². The maximum Gasteiger partial charge on any atom is 0.196 e. The summed E-state index contributed by atoms with van der Waals surface area (Å²) in [5.74, 6) is 0.572. The van der Waals surface area contributed by atoms with Gasteiger partial charge in [0.05, 0.1) is 0 Å². The molecule has 0 aromatic heterocycles. The van der Waals surface area contributed by atoms with Crippen LogP contribution in [0, 0.1) is 0 Å². The van der Waals surface area contributed by atoms with E-state index in [9.17, 15) is 0 Å². The molecule has 2 N–H and O–H groups in total. The summed E-state index contributed by atoms with van der Waals surface area (Å²) in [7, 11) is 0. The highest BCUT2D eigenvalue weighted by Gasteiger charge is 2.04. The quantitative estimate of drug-likeness (QED) is 0.557. The number of guanidine groups is 1. The van der Waals surface area contributed by atoms with Crippen LogP contribution in [-0.2, 0) is 0 Å². The molecule has 0 unspecified atom stereocenters. The summed E-state index contributed by atoms with van der Waals surface area (Å²) < 4.78 is 0. The third-order valence-corrected chi connectivity index (χ3v) is 1.31. The van der Waals surface area contributed by atoms with Gasteiger partial charge >= 0.3 is 0 Å². The maximum atomic E-state index is 5.54. The molecule has 1 heterocycles. The Morgan fingerprint density at radius 1 is 1.90 bits per heavy atom. The Hall–Kier alpha value is -1.25. The smallest absolute Gasteiger partial charge is 0.196 e. The van der Waals surface area contributed by atoms with Gasteiger partial charge in [0.1, 0.15) is 0 Å². The Bertz CT molecular complexity index is 179. The molecule has 0 aromatic rings. The summed E-state index contributed by atoms with van der Waals surface area (Å²) in [6, 6.07) is 0. The molecule has 1 rings (SSSR count). The SMILES string of the molecule is C=CCN1CC=CN=C1N. The largest absolute Gasteiger partial charge is 0.369 e. The molecule has 3 heteroatoms. The normalized spacial score (nSPS) is 16.8. The molecular weight excluding hydrogens is 126 g/mol. The standard InChI is InChI=1S/C7H11N3/c1-2-5-10-6-3-4-9-7(10)8/h2-4H,1,5-6H2,(H2,8,9). The Labute approximate surface area is 60.5 Å². The lowest BCUT2D eigenvalue weighted by atomic mass is 10.4. The van der Waals surface area contributed by atoms with E-state index >= 15 is 0 Å². The Morgan fingerprint density at radius 2 is 2.70 bits per heavy atom. The van der Waals surface area contributed by atoms with E-state index in [1.807, 2.05) is 17.1 Å². The van der Waals surface area contributed by atoms with Crippen molar-refractivity contribution in [1.29, 1.82) is 0 Å². The predicted molar refractivity (Wildman–Crippen MR) is 42.5 cm³/mol. The zero-order valence-electron chi connectivity index (χ0n) is 5.83. The third kappa shape index (κ3) is 1.37. The van der Waals surface area contributed by atoms with Crippen LogP contribution in [0.25, 0.3) is 0 Å². The van der Waals surface area contributed by atoms with Crippen molar-refractivity contribution in [3.8, 4) is 0 Å². The number of rotatable bonds is 2. The van der Waals surface area contributed by atoms with Crippen LogP contribution in [0.2, 0.25) is 0 Å². The van der Waals surface area contributed by atoms with Crippen LogP contribution >= 0.6 is 0 Å². The van der Waals surface area contributed by atoms with Crippen molar-refractivity contribution >= 4 is 5.96 Å². The topological polar surface area (TPSA) is 41.6 Å².